The lowest BCUT2D eigenvalue weighted by Crippen LogP contribution is -2.33. The summed E-state index contributed by atoms with van der Waals surface area (Å²) < 4.78 is 33.6. The van der Waals surface area contributed by atoms with Crippen LogP contribution < -0.4 is 26.2 Å². The molecule has 0 spiro atoms. The molecule has 0 fully saturated rings. The fourth-order valence-electron chi connectivity index (χ4n) is 2.63. The molecular formula is C18H17N5O6S. The highest BCUT2D eigenvalue weighted by Gasteiger charge is 2.25. The molecule has 1 heterocycles. The van der Waals surface area contributed by atoms with Crippen LogP contribution in [0.1, 0.15) is 5.56 Å². The molecule has 0 bridgehead atoms. The largest absolute Gasteiger partial charge is 0.364 e. The van der Waals surface area contributed by atoms with Gasteiger partial charge >= 0.3 is 22.0 Å². The summed E-state index contributed by atoms with van der Waals surface area (Å²) in [6, 6.07) is 12.0. The number of aromatic nitrogens is 2. The zero-order valence-electron chi connectivity index (χ0n) is 15.5. The van der Waals surface area contributed by atoms with E-state index in [9.17, 15) is 27.4 Å². The Balaban J connectivity index is 1.84. The van der Waals surface area contributed by atoms with Crippen LogP contribution >= 0.6 is 0 Å². The zero-order valence-corrected chi connectivity index (χ0v) is 16.4. The molecule has 0 aliphatic heterocycles. The van der Waals surface area contributed by atoms with Gasteiger partial charge in [-0.15, -0.1) is 0 Å². The van der Waals surface area contributed by atoms with Crippen molar-refractivity contribution in [3.05, 3.63) is 81.1 Å². The Labute approximate surface area is 170 Å². The average molecular weight is 431 g/mol. The van der Waals surface area contributed by atoms with Gasteiger partial charge in [0.05, 0.1) is 5.69 Å². The van der Waals surface area contributed by atoms with Crippen molar-refractivity contribution in [1.82, 2.24) is 9.97 Å². The number of amides is 2. The predicted molar refractivity (Wildman–Crippen MR) is 112 cm³/mol. The Bertz CT molecular complexity index is 1300. The van der Waals surface area contributed by atoms with Crippen LogP contribution in [-0.4, -0.2) is 29.0 Å². The minimum absolute atomic E-state index is 0.0973. The quantitative estimate of drug-likeness (QED) is 0.387. The summed E-state index contributed by atoms with van der Waals surface area (Å²) >= 11 is 0. The first kappa shape index (κ1) is 20.8. The van der Waals surface area contributed by atoms with Crippen molar-refractivity contribution >= 4 is 39.1 Å². The molecule has 11 nitrogen and oxygen atoms in total. The Morgan fingerprint density at radius 1 is 1.03 bits per heavy atom. The van der Waals surface area contributed by atoms with E-state index in [1.165, 1.54) is 24.3 Å². The Morgan fingerprint density at radius 3 is 2.30 bits per heavy atom. The molecule has 0 unspecified atom stereocenters. The summed E-state index contributed by atoms with van der Waals surface area (Å²) in [5.74, 6) is 0. The molecule has 0 aliphatic carbocycles. The number of rotatable bonds is 5. The van der Waals surface area contributed by atoms with E-state index in [1.54, 1.807) is 12.1 Å². The number of hydrogen-bond donors (Lipinski definition) is 5. The van der Waals surface area contributed by atoms with Gasteiger partial charge in [0.15, 0.2) is 0 Å². The first-order chi connectivity index (χ1) is 14.1. The number of urea groups is 1. The van der Waals surface area contributed by atoms with E-state index in [4.69, 9.17) is 0 Å². The van der Waals surface area contributed by atoms with Gasteiger partial charge in [-0.25, -0.2) is 13.9 Å². The van der Waals surface area contributed by atoms with Gasteiger partial charge in [0, 0.05) is 17.6 Å². The molecule has 0 radical (unpaired) electrons. The molecular weight excluding hydrogens is 414 g/mol. The average Bonchev–Trinajstić information content (AvgIpc) is 2.66. The van der Waals surface area contributed by atoms with E-state index in [2.05, 4.69) is 15.6 Å². The molecule has 12 heteroatoms. The number of aryl methyl sites for hydroxylation is 1. The smallest absolute Gasteiger partial charge is 0.312 e. The van der Waals surface area contributed by atoms with Crippen LogP contribution in [0, 0.1) is 6.92 Å². The normalized spacial score (nSPS) is 11.0. The molecule has 2 amide bonds. The number of carbonyl (C=O) groups is 1. The summed E-state index contributed by atoms with van der Waals surface area (Å²) in [6.07, 6.45) is 0.858. The van der Waals surface area contributed by atoms with Crippen molar-refractivity contribution in [2.24, 2.45) is 0 Å². The van der Waals surface area contributed by atoms with Gasteiger partial charge in [0.1, 0.15) is 5.69 Å². The molecule has 156 valence electrons. The van der Waals surface area contributed by atoms with Crippen LogP contribution in [0.25, 0.3) is 0 Å². The summed E-state index contributed by atoms with van der Waals surface area (Å²) in [6.45, 7) is 1.84. The first-order valence-corrected chi connectivity index (χ1v) is 9.88. The molecule has 0 saturated carbocycles. The zero-order chi connectivity index (χ0) is 21.9. The van der Waals surface area contributed by atoms with Crippen molar-refractivity contribution in [2.45, 2.75) is 6.92 Å². The fraction of sp³-hybridized carbons (Fsp3) is 0.0556. The molecule has 0 aliphatic rings. The SMILES string of the molecule is Cc1ccccc1NC(=O)Nc1ccc(N(c2c[nH]c(=O)[nH]c2=O)S(=O)(=O)O)cc1. The second-order valence-corrected chi connectivity index (χ2v) is 7.40. The minimum atomic E-state index is -4.90. The Hall–Kier alpha value is -3.90. The summed E-state index contributed by atoms with van der Waals surface area (Å²) in [5.41, 5.74) is -0.640. The van der Waals surface area contributed by atoms with Crippen molar-refractivity contribution in [3.63, 3.8) is 0 Å². The van der Waals surface area contributed by atoms with Crippen molar-refractivity contribution in [3.8, 4) is 0 Å². The van der Waals surface area contributed by atoms with Crippen LogP contribution in [-0.2, 0) is 10.3 Å². The van der Waals surface area contributed by atoms with Crippen LogP contribution in [0.5, 0.6) is 0 Å². The van der Waals surface area contributed by atoms with E-state index in [0.29, 0.717) is 15.7 Å². The van der Waals surface area contributed by atoms with Crippen molar-refractivity contribution in [1.29, 1.82) is 0 Å². The van der Waals surface area contributed by atoms with Gasteiger partial charge < -0.3 is 15.6 Å². The van der Waals surface area contributed by atoms with Gasteiger partial charge in [-0.2, -0.15) is 8.42 Å². The van der Waals surface area contributed by atoms with Crippen molar-refractivity contribution < 1.29 is 17.8 Å². The van der Waals surface area contributed by atoms with E-state index in [-0.39, 0.29) is 5.69 Å². The maximum atomic E-state index is 12.2. The molecule has 30 heavy (non-hydrogen) atoms. The van der Waals surface area contributed by atoms with Gasteiger partial charge in [0.2, 0.25) is 0 Å². The highest BCUT2D eigenvalue weighted by molar-refractivity contribution is 7.87. The lowest BCUT2D eigenvalue weighted by molar-refractivity contribution is 0.262. The maximum Gasteiger partial charge on any atom is 0.364 e. The number of aromatic amines is 2. The van der Waals surface area contributed by atoms with Gasteiger partial charge in [-0.3, -0.25) is 14.3 Å². The van der Waals surface area contributed by atoms with Crippen LogP contribution in [0.15, 0.2) is 64.3 Å². The van der Waals surface area contributed by atoms with Gasteiger partial charge in [0.25, 0.3) is 5.56 Å². The number of carbonyl (C=O) groups excluding carboxylic acids is 1. The number of para-hydroxylation sites is 1. The fourth-order valence-corrected chi connectivity index (χ4v) is 3.40. The van der Waals surface area contributed by atoms with Crippen LogP contribution in [0.4, 0.5) is 27.5 Å². The summed E-state index contributed by atoms with van der Waals surface area (Å²) in [7, 11) is -4.90. The monoisotopic (exact) mass is 431 g/mol. The number of nitrogens with one attached hydrogen (secondary N) is 4. The summed E-state index contributed by atoms with van der Waals surface area (Å²) in [5, 5.41) is 5.27. The summed E-state index contributed by atoms with van der Waals surface area (Å²) in [4.78, 5) is 39.3. The highest BCUT2D eigenvalue weighted by atomic mass is 32.2. The standard InChI is InChI=1S/C18H17N5O6S/c1-11-4-2-3-5-14(11)21-18(26)20-12-6-8-13(9-7-12)23(30(27,28)29)15-10-19-17(25)22-16(15)24/h2-10H,1H3,(H2,20,21,26)(H,27,28,29)(H2,19,22,24,25). The molecule has 1 aromatic heterocycles. The number of H-pyrrole nitrogens is 2. The van der Waals surface area contributed by atoms with E-state index >= 15 is 0 Å². The highest BCUT2D eigenvalue weighted by Crippen LogP contribution is 2.26. The second kappa shape index (κ2) is 8.23. The van der Waals surface area contributed by atoms with Gasteiger partial charge in [-0.1, -0.05) is 18.2 Å². The number of anilines is 4. The molecule has 3 rings (SSSR count). The lowest BCUT2D eigenvalue weighted by Gasteiger charge is -2.20. The van der Waals surface area contributed by atoms with E-state index in [1.807, 2.05) is 24.0 Å². The van der Waals surface area contributed by atoms with Crippen molar-refractivity contribution in [2.75, 3.05) is 14.9 Å². The molecule has 0 saturated heterocycles. The third-order valence-corrected chi connectivity index (χ3v) is 4.87. The lowest BCUT2D eigenvalue weighted by atomic mass is 10.2. The molecule has 3 aromatic rings. The molecule has 2 aromatic carbocycles. The maximum absolute atomic E-state index is 12.2. The first-order valence-electron chi connectivity index (χ1n) is 8.48. The van der Waals surface area contributed by atoms with Crippen LogP contribution in [0.3, 0.4) is 0 Å². The van der Waals surface area contributed by atoms with E-state index in [0.717, 1.165) is 11.8 Å². The molecule has 0 atom stereocenters. The number of hydrogen-bond acceptors (Lipinski definition) is 5. The van der Waals surface area contributed by atoms with Gasteiger partial charge in [-0.05, 0) is 42.8 Å². The Morgan fingerprint density at radius 2 is 1.70 bits per heavy atom. The Kier molecular flexibility index (Phi) is 5.71. The van der Waals surface area contributed by atoms with E-state index < -0.39 is 33.3 Å². The molecule has 5 N–H and O–H groups in total. The predicted octanol–water partition coefficient (Wildman–Crippen LogP) is 1.96. The third kappa shape index (κ3) is 4.74. The van der Waals surface area contributed by atoms with Crippen LogP contribution in [0.2, 0.25) is 0 Å². The number of benzene rings is 2. The third-order valence-electron chi connectivity index (χ3n) is 4.00. The minimum Gasteiger partial charge on any atom is -0.312 e. The number of nitrogens with zero attached hydrogens (tertiary/aromatic N) is 1. The topological polar surface area (TPSA) is 164 Å². The second-order valence-electron chi connectivity index (χ2n) is 6.14.